The summed E-state index contributed by atoms with van der Waals surface area (Å²) >= 11 is 0. The van der Waals surface area contributed by atoms with Crippen LogP contribution in [0.5, 0.6) is 0 Å². The quantitative estimate of drug-likeness (QED) is 0.235. The van der Waals surface area contributed by atoms with Gasteiger partial charge in [0.05, 0.1) is 12.7 Å². The maximum absolute atomic E-state index is 10.8. The molecule has 2 heterocycles. The minimum absolute atomic E-state index is 0.387. The largest absolute Gasteiger partial charge is 0.726 e. The highest BCUT2D eigenvalue weighted by Gasteiger charge is 2.49. The van der Waals surface area contributed by atoms with E-state index in [-0.39, 0.29) is 6.61 Å². The van der Waals surface area contributed by atoms with Gasteiger partial charge in [-0.2, -0.15) is 0 Å². The Morgan fingerprint density at radius 3 is 2.25 bits per heavy atom. The molecule has 0 bridgehead atoms. The molecule has 5 N–H and O–H groups in total. The molecule has 2 aliphatic heterocycles. The summed E-state index contributed by atoms with van der Waals surface area (Å²) in [4.78, 5) is 0. The average molecular weight is 375 g/mol. The van der Waals surface area contributed by atoms with Crippen molar-refractivity contribution in [1.82, 2.24) is 0 Å². The molecule has 2 rings (SSSR count). The molecular formula is C11H19O12S-. The van der Waals surface area contributed by atoms with Crippen molar-refractivity contribution in [2.45, 2.75) is 62.2 Å². The number of hydrogen-bond acceptors (Lipinski definition) is 12. The second-order valence-electron chi connectivity index (χ2n) is 5.54. The molecular weight excluding hydrogens is 356 g/mol. The van der Waals surface area contributed by atoms with E-state index in [1.165, 1.54) is 6.92 Å². The monoisotopic (exact) mass is 375 g/mol. The van der Waals surface area contributed by atoms with Gasteiger partial charge in [0.2, 0.25) is 10.4 Å². The maximum Gasteiger partial charge on any atom is 0.218 e. The first-order valence-electron chi connectivity index (χ1n) is 6.98. The molecule has 0 aromatic heterocycles. The van der Waals surface area contributed by atoms with Crippen molar-refractivity contribution in [3.8, 4) is 0 Å². The Kier molecular flexibility index (Phi) is 6.15. The molecule has 0 spiro atoms. The summed E-state index contributed by atoms with van der Waals surface area (Å²) in [6.07, 6.45) is -14.3. The minimum atomic E-state index is -5.26. The summed E-state index contributed by atoms with van der Waals surface area (Å²) in [6.45, 7) is 0.940. The van der Waals surface area contributed by atoms with Crippen molar-refractivity contribution in [3.05, 3.63) is 0 Å². The molecule has 2 fully saturated rings. The summed E-state index contributed by atoms with van der Waals surface area (Å²) in [5.41, 5.74) is 0. The van der Waals surface area contributed by atoms with Crippen LogP contribution in [-0.4, -0.2) is 100 Å². The molecule has 0 aliphatic carbocycles. The van der Waals surface area contributed by atoms with Crippen LogP contribution in [0.1, 0.15) is 6.92 Å². The van der Waals surface area contributed by atoms with E-state index in [4.69, 9.17) is 14.2 Å². The van der Waals surface area contributed by atoms with Crippen molar-refractivity contribution in [2.75, 3.05) is 6.61 Å². The lowest BCUT2D eigenvalue weighted by molar-refractivity contribution is -0.335. The number of ether oxygens (including phenoxy) is 3. The van der Waals surface area contributed by atoms with E-state index in [1.54, 1.807) is 0 Å². The summed E-state index contributed by atoms with van der Waals surface area (Å²) in [6, 6.07) is 0. The minimum Gasteiger partial charge on any atom is -0.726 e. The van der Waals surface area contributed by atoms with Gasteiger partial charge in [-0.25, -0.2) is 8.42 Å². The Morgan fingerprint density at radius 2 is 1.67 bits per heavy atom. The van der Waals surface area contributed by atoms with Crippen molar-refractivity contribution < 1.29 is 56.9 Å². The Morgan fingerprint density at radius 1 is 1.04 bits per heavy atom. The Bertz CT molecular complexity index is 525. The van der Waals surface area contributed by atoms with Gasteiger partial charge in [-0.05, 0) is 6.92 Å². The topological polar surface area (TPSA) is 195 Å². The third kappa shape index (κ3) is 4.39. The molecule has 24 heavy (non-hydrogen) atoms. The van der Waals surface area contributed by atoms with Crippen LogP contribution in [0, 0.1) is 0 Å². The second-order valence-corrected chi connectivity index (χ2v) is 6.55. The van der Waals surface area contributed by atoms with Crippen LogP contribution in [-0.2, 0) is 28.8 Å². The van der Waals surface area contributed by atoms with E-state index in [0.717, 1.165) is 0 Å². The fourth-order valence-corrected chi connectivity index (χ4v) is 2.99. The highest BCUT2D eigenvalue weighted by atomic mass is 32.3. The Hall–Kier alpha value is -0.450. The molecule has 0 saturated carbocycles. The number of hydrogen-bond donors (Lipinski definition) is 5. The van der Waals surface area contributed by atoms with Crippen LogP contribution in [0.3, 0.4) is 0 Å². The van der Waals surface area contributed by atoms with E-state index in [2.05, 4.69) is 4.18 Å². The molecule has 0 amide bonds. The van der Waals surface area contributed by atoms with E-state index >= 15 is 0 Å². The van der Waals surface area contributed by atoms with Gasteiger partial charge in [-0.1, -0.05) is 0 Å². The smallest absolute Gasteiger partial charge is 0.218 e. The third-order valence-corrected chi connectivity index (χ3v) is 4.20. The molecule has 0 aromatic rings. The molecule has 0 radical (unpaired) electrons. The molecule has 12 nitrogen and oxygen atoms in total. The zero-order valence-electron chi connectivity index (χ0n) is 12.4. The molecule has 1 unspecified atom stereocenters. The SMILES string of the molecule is C[C@@H]1OC(O)[C@H](O)[C@H](OS(=O)(=O)[O-])[C@H]1O[C@@H]1OC[C@@H](O)[C@H](O)[C@H]1O. The average Bonchev–Trinajstić information content (AvgIpc) is 2.47. The van der Waals surface area contributed by atoms with Gasteiger partial charge in [0.15, 0.2) is 12.6 Å². The van der Waals surface area contributed by atoms with Gasteiger partial charge < -0.3 is 44.3 Å². The number of aliphatic hydroxyl groups is 5. The normalized spacial score (nSPS) is 47.5. The van der Waals surface area contributed by atoms with Crippen molar-refractivity contribution in [2.24, 2.45) is 0 Å². The van der Waals surface area contributed by atoms with Crippen molar-refractivity contribution in [3.63, 3.8) is 0 Å². The number of aliphatic hydroxyl groups excluding tert-OH is 5. The molecule has 13 heteroatoms. The maximum atomic E-state index is 10.8. The lowest BCUT2D eigenvalue weighted by Gasteiger charge is -2.44. The van der Waals surface area contributed by atoms with Gasteiger partial charge >= 0.3 is 0 Å². The molecule has 142 valence electrons. The summed E-state index contributed by atoms with van der Waals surface area (Å²) in [5, 5.41) is 48.1. The first kappa shape index (κ1) is 19.9. The van der Waals surface area contributed by atoms with Crippen LogP contribution in [0.25, 0.3) is 0 Å². The highest BCUT2D eigenvalue weighted by molar-refractivity contribution is 7.80. The molecule has 2 saturated heterocycles. The standard InChI is InChI=1S/C11H20O12S/c1-3-8(22-11-6(14)5(13)4(12)2-20-11)9(23-24(17,18)19)7(15)10(16)21-3/h3-16H,2H2,1H3,(H,17,18,19)/p-1/t3-,4+,5-,6+,7+,8-,9-,10?,11-/m0/s1. The predicted octanol–water partition coefficient (Wildman–Crippen LogP) is -4.25. The fraction of sp³-hybridized carbons (Fsp3) is 1.00. The Labute approximate surface area is 137 Å². The van der Waals surface area contributed by atoms with Crippen LogP contribution in [0.15, 0.2) is 0 Å². The first-order chi connectivity index (χ1) is 11.0. The van der Waals surface area contributed by atoms with Crippen molar-refractivity contribution >= 4 is 10.4 Å². The fourth-order valence-electron chi connectivity index (χ4n) is 2.49. The Balaban J connectivity index is 2.17. The summed E-state index contributed by atoms with van der Waals surface area (Å²) in [5.74, 6) is 0. The zero-order chi connectivity index (χ0) is 18.2. The van der Waals surface area contributed by atoms with Crippen LogP contribution in [0.4, 0.5) is 0 Å². The summed E-state index contributed by atoms with van der Waals surface area (Å²) in [7, 11) is -5.26. The van der Waals surface area contributed by atoms with Crippen molar-refractivity contribution in [1.29, 1.82) is 0 Å². The molecule has 0 aromatic carbocycles. The lowest BCUT2D eigenvalue weighted by atomic mass is 9.99. The number of rotatable bonds is 4. The van der Waals surface area contributed by atoms with Gasteiger partial charge in [0.25, 0.3) is 0 Å². The zero-order valence-corrected chi connectivity index (χ0v) is 13.2. The van der Waals surface area contributed by atoms with Gasteiger partial charge in [0.1, 0.15) is 36.6 Å². The van der Waals surface area contributed by atoms with E-state index in [0.29, 0.717) is 0 Å². The van der Waals surface area contributed by atoms with E-state index in [1.807, 2.05) is 0 Å². The predicted molar refractivity (Wildman–Crippen MR) is 69.8 cm³/mol. The van der Waals surface area contributed by atoms with Crippen LogP contribution < -0.4 is 0 Å². The highest BCUT2D eigenvalue weighted by Crippen LogP contribution is 2.29. The first-order valence-corrected chi connectivity index (χ1v) is 8.31. The van der Waals surface area contributed by atoms with Gasteiger partial charge in [0, 0.05) is 0 Å². The van der Waals surface area contributed by atoms with Gasteiger partial charge in [-0.15, -0.1) is 0 Å². The lowest BCUT2D eigenvalue weighted by Crippen LogP contribution is -2.62. The second kappa shape index (κ2) is 7.43. The van der Waals surface area contributed by atoms with Gasteiger partial charge in [-0.3, -0.25) is 4.18 Å². The molecule has 2 aliphatic rings. The molecule has 9 atom stereocenters. The van der Waals surface area contributed by atoms with Crippen LogP contribution >= 0.6 is 0 Å². The van der Waals surface area contributed by atoms with E-state index in [9.17, 15) is 38.5 Å². The third-order valence-electron chi connectivity index (χ3n) is 3.74. The van der Waals surface area contributed by atoms with Crippen LogP contribution in [0.2, 0.25) is 0 Å². The van der Waals surface area contributed by atoms with E-state index < -0.39 is 65.7 Å². The summed E-state index contributed by atoms with van der Waals surface area (Å²) < 4.78 is 51.9.